The van der Waals surface area contributed by atoms with Crippen LogP contribution in [0.5, 0.6) is 5.75 Å². The standard InChI is InChI=1S/C23H25N3O3/c1-5-15(3)29-23(27)25-17-9-7-8-16(12-17)22-20(14-24)19-11-10-18(28-4)13-21(19)26(22)6-2/h7-13,15H,5-6H2,1-4H3,(H,25,27). The van der Waals surface area contributed by atoms with E-state index in [0.717, 1.165) is 34.3 Å². The van der Waals surface area contributed by atoms with E-state index in [1.807, 2.05) is 57.2 Å². The zero-order chi connectivity index (χ0) is 21.0. The van der Waals surface area contributed by atoms with Gasteiger partial charge in [-0.3, -0.25) is 5.32 Å². The van der Waals surface area contributed by atoms with Gasteiger partial charge in [-0.25, -0.2) is 4.79 Å². The largest absolute Gasteiger partial charge is 0.497 e. The minimum Gasteiger partial charge on any atom is -0.497 e. The Kier molecular flexibility index (Phi) is 6.08. The van der Waals surface area contributed by atoms with Crippen LogP contribution in [0.25, 0.3) is 22.2 Å². The second-order valence-corrected chi connectivity index (χ2v) is 6.79. The fourth-order valence-corrected chi connectivity index (χ4v) is 3.36. The third kappa shape index (κ3) is 4.04. The van der Waals surface area contributed by atoms with Gasteiger partial charge in [-0.15, -0.1) is 0 Å². The number of carbonyl (C=O) groups excluding carboxylic acids is 1. The van der Waals surface area contributed by atoms with Crippen LogP contribution >= 0.6 is 0 Å². The minimum absolute atomic E-state index is 0.152. The molecule has 150 valence electrons. The van der Waals surface area contributed by atoms with Crippen LogP contribution in [0.1, 0.15) is 32.8 Å². The molecule has 1 aromatic heterocycles. The number of aromatic nitrogens is 1. The topological polar surface area (TPSA) is 76.3 Å². The van der Waals surface area contributed by atoms with Gasteiger partial charge < -0.3 is 14.0 Å². The molecule has 1 N–H and O–H groups in total. The van der Waals surface area contributed by atoms with Crippen LogP contribution in [0.4, 0.5) is 10.5 Å². The summed E-state index contributed by atoms with van der Waals surface area (Å²) in [6.45, 7) is 6.53. The molecule has 3 aromatic rings. The summed E-state index contributed by atoms with van der Waals surface area (Å²) in [5.41, 5.74) is 3.82. The van der Waals surface area contributed by atoms with Crippen molar-refractivity contribution in [3.05, 3.63) is 48.0 Å². The van der Waals surface area contributed by atoms with E-state index in [4.69, 9.17) is 9.47 Å². The first-order valence-corrected chi connectivity index (χ1v) is 9.70. The lowest BCUT2D eigenvalue weighted by molar-refractivity contribution is 0.118. The molecule has 0 radical (unpaired) electrons. The van der Waals surface area contributed by atoms with E-state index in [-0.39, 0.29) is 6.10 Å². The third-order valence-corrected chi connectivity index (χ3v) is 4.97. The number of benzene rings is 2. The van der Waals surface area contributed by atoms with Crippen molar-refractivity contribution in [3.63, 3.8) is 0 Å². The monoisotopic (exact) mass is 391 g/mol. The molecule has 29 heavy (non-hydrogen) atoms. The first-order chi connectivity index (χ1) is 14.0. The number of aryl methyl sites for hydroxylation is 1. The SMILES string of the molecule is CCC(C)OC(=O)Nc1cccc(-c2c(C#N)c3ccc(OC)cc3n2CC)c1. The molecular formula is C23H25N3O3. The van der Waals surface area contributed by atoms with Gasteiger partial charge >= 0.3 is 6.09 Å². The zero-order valence-electron chi connectivity index (χ0n) is 17.2. The Hall–Kier alpha value is -3.46. The van der Waals surface area contributed by atoms with Gasteiger partial charge in [0.05, 0.1) is 23.9 Å². The molecule has 0 fully saturated rings. The molecule has 2 aromatic carbocycles. The van der Waals surface area contributed by atoms with Crippen molar-refractivity contribution < 1.29 is 14.3 Å². The molecule has 6 nitrogen and oxygen atoms in total. The Morgan fingerprint density at radius 2 is 2.03 bits per heavy atom. The first-order valence-electron chi connectivity index (χ1n) is 9.70. The summed E-state index contributed by atoms with van der Waals surface area (Å²) in [4.78, 5) is 12.1. The van der Waals surface area contributed by atoms with Gasteiger partial charge in [0.15, 0.2) is 0 Å². The van der Waals surface area contributed by atoms with Gasteiger partial charge in [0.1, 0.15) is 17.9 Å². The lowest BCUT2D eigenvalue weighted by Gasteiger charge is -2.13. The number of hydrogen-bond acceptors (Lipinski definition) is 4. The Bertz CT molecular complexity index is 1080. The molecule has 0 bridgehead atoms. The number of nitrogens with zero attached hydrogens (tertiary/aromatic N) is 2. The van der Waals surface area contributed by atoms with E-state index in [0.29, 0.717) is 17.8 Å². The number of fused-ring (bicyclic) bond motifs is 1. The first kappa shape index (κ1) is 20.3. The summed E-state index contributed by atoms with van der Waals surface area (Å²) in [7, 11) is 1.63. The highest BCUT2D eigenvalue weighted by atomic mass is 16.6. The molecule has 0 aliphatic rings. The molecule has 1 atom stereocenters. The predicted octanol–water partition coefficient (Wildman–Crippen LogP) is 5.56. The predicted molar refractivity (Wildman–Crippen MR) is 114 cm³/mol. The molecule has 1 unspecified atom stereocenters. The highest BCUT2D eigenvalue weighted by Gasteiger charge is 2.19. The maximum absolute atomic E-state index is 12.1. The Morgan fingerprint density at radius 3 is 2.69 bits per heavy atom. The fourth-order valence-electron chi connectivity index (χ4n) is 3.36. The van der Waals surface area contributed by atoms with Gasteiger partial charge in [-0.1, -0.05) is 19.1 Å². The summed E-state index contributed by atoms with van der Waals surface area (Å²) < 4.78 is 12.7. The lowest BCUT2D eigenvalue weighted by Crippen LogP contribution is -2.19. The summed E-state index contributed by atoms with van der Waals surface area (Å²) in [5.74, 6) is 0.740. The van der Waals surface area contributed by atoms with Crippen molar-refractivity contribution in [1.29, 1.82) is 5.26 Å². The number of hydrogen-bond donors (Lipinski definition) is 1. The Morgan fingerprint density at radius 1 is 1.24 bits per heavy atom. The van der Waals surface area contributed by atoms with Crippen LogP contribution in [0, 0.1) is 11.3 Å². The fraction of sp³-hybridized carbons (Fsp3) is 0.304. The summed E-state index contributed by atoms with van der Waals surface area (Å²) in [5, 5.41) is 13.5. The number of nitriles is 1. The molecule has 0 saturated heterocycles. The van der Waals surface area contributed by atoms with Crippen molar-refractivity contribution in [3.8, 4) is 23.1 Å². The van der Waals surface area contributed by atoms with Crippen LogP contribution in [0.2, 0.25) is 0 Å². The second-order valence-electron chi connectivity index (χ2n) is 6.79. The van der Waals surface area contributed by atoms with E-state index in [2.05, 4.69) is 16.0 Å². The van der Waals surface area contributed by atoms with Crippen LogP contribution in [-0.4, -0.2) is 23.9 Å². The van der Waals surface area contributed by atoms with E-state index >= 15 is 0 Å². The van der Waals surface area contributed by atoms with E-state index < -0.39 is 6.09 Å². The smallest absolute Gasteiger partial charge is 0.411 e. The quantitative estimate of drug-likeness (QED) is 0.597. The average molecular weight is 391 g/mol. The molecule has 1 heterocycles. The molecule has 3 rings (SSSR count). The van der Waals surface area contributed by atoms with Crippen LogP contribution in [0.3, 0.4) is 0 Å². The van der Waals surface area contributed by atoms with Crippen molar-refractivity contribution in [2.45, 2.75) is 39.8 Å². The minimum atomic E-state index is -0.488. The van der Waals surface area contributed by atoms with E-state index in [9.17, 15) is 10.1 Å². The zero-order valence-corrected chi connectivity index (χ0v) is 17.2. The van der Waals surface area contributed by atoms with Crippen molar-refractivity contribution in [2.24, 2.45) is 0 Å². The summed E-state index contributed by atoms with van der Waals surface area (Å²) in [6, 6.07) is 15.5. The summed E-state index contributed by atoms with van der Waals surface area (Å²) >= 11 is 0. The molecule has 0 aliphatic carbocycles. The van der Waals surface area contributed by atoms with Crippen LogP contribution in [0.15, 0.2) is 42.5 Å². The van der Waals surface area contributed by atoms with Crippen LogP contribution < -0.4 is 10.1 Å². The highest BCUT2D eigenvalue weighted by molar-refractivity contribution is 5.96. The Balaban J connectivity index is 2.07. The molecule has 1 amide bonds. The van der Waals surface area contributed by atoms with Crippen molar-refractivity contribution in [1.82, 2.24) is 4.57 Å². The molecular weight excluding hydrogens is 366 g/mol. The molecule has 6 heteroatoms. The van der Waals surface area contributed by atoms with Gasteiger partial charge in [0.25, 0.3) is 0 Å². The molecule has 0 saturated carbocycles. The number of anilines is 1. The third-order valence-electron chi connectivity index (χ3n) is 4.97. The van der Waals surface area contributed by atoms with Crippen LogP contribution in [-0.2, 0) is 11.3 Å². The maximum Gasteiger partial charge on any atom is 0.411 e. The van der Waals surface area contributed by atoms with Gasteiger partial charge in [0, 0.05) is 29.2 Å². The number of amides is 1. The van der Waals surface area contributed by atoms with Crippen molar-refractivity contribution in [2.75, 3.05) is 12.4 Å². The van der Waals surface area contributed by atoms with Crippen molar-refractivity contribution >= 4 is 22.7 Å². The maximum atomic E-state index is 12.1. The normalized spacial score (nSPS) is 11.7. The van der Waals surface area contributed by atoms with Gasteiger partial charge in [-0.2, -0.15) is 5.26 Å². The molecule has 0 spiro atoms. The van der Waals surface area contributed by atoms with E-state index in [1.54, 1.807) is 13.2 Å². The van der Waals surface area contributed by atoms with Gasteiger partial charge in [0.2, 0.25) is 0 Å². The summed E-state index contributed by atoms with van der Waals surface area (Å²) in [6.07, 6.45) is 0.109. The lowest BCUT2D eigenvalue weighted by atomic mass is 10.1. The highest BCUT2D eigenvalue weighted by Crippen LogP contribution is 2.36. The van der Waals surface area contributed by atoms with E-state index in [1.165, 1.54) is 0 Å². The number of methoxy groups -OCH3 is 1. The molecule has 0 aliphatic heterocycles. The Labute approximate surface area is 170 Å². The van der Waals surface area contributed by atoms with Gasteiger partial charge in [-0.05, 0) is 44.5 Å². The average Bonchev–Trinajstić information content (AvgIpc) is 3.06. The number of ether oxygens (including phenoxy) is 2. The number of rotatable bonds is 6. The number of nitrogens with one attached hydrogen (secondary N) is 1. The number of carbonyl (C=O) groups is 1. The second kappa shape index (κ2) is 8.70.